The van der Waals surface area contributed by atoms with E-state index in [2.05, 4.69) is 4.72 Å². The maximum Gasteiger partial charge on any atom is 0.337 e. The van der Waals surface area contributed by atoms with Gasteiger partial charge in [-0.1, -0.05) is 29.3 Å². The number of carboxylic acids is 1. The highest BCUT2D eigenvalue weighted by Gasteiger charge is 2.19. The number of carbonyl (C=O) groups is 1. The Morgan fingerprint density at radius 3 is 2.36 bits per heavy atom. The molecule has 2 rings (SSSR count). The summed E-state index contributed by atoms with van der Waals surface area (Å²) in [5.41, 5.74) is 0.707. The molecule has 0 heterocycles. The van der Waals surface area contributed by atoms with Crippen molar-refractivity contribution in [2.24, 2.45) is 0 Å². The van der Waals surface area contributed by atoms with Crippen LogP contribution in [0.3, 0.4) is 0 Å². The fourth-order valence-corrected chi connectivity index (χ4v) is 3.63. The molecule has 0 spiro atoms. The minimum Gasteiger partial charge on any atom is -0.478 e. The van der Waals surface area contributed by atoms with E-state index in [4.69, 9.17) is 28.3 Å². The molecule has 0 atom stereocenters. The predicted octanol–water partition coefficient (Wildman–Crippen LogP) is 3.80. The third-order valence-corrected chi connectivity index (χ3v) is 5.02. The Bertz CT molecular complexity index is 850. The molecule has 0 aliphatic carbocycles. The first-order valence-electron chi connectivity index (χ1n) is 6.02. The molecule has 2 aromatic rings. The van der Waals surface area contributed by atoms with Gasteiger partial charge in [-0.3, -0.25) is 4.72 Å². The van der Waals surface area contributed by atoms with E-state index in [1.165, 1.54) is 24.3 Å². The molecule has 0 saturated heterocycles. The maximum absolute atomic E-state index is 12.3. The van der Waals surface area contributed by atoms with Crippen LogP contribution < -0.4 is 4.72 Å². The highest BCUT2D eigenvalue weighted by molar-refractivity contribution is 7.92. The summed E-state index contributed by atoms with van der Waals surface area (Å²) in [4.78, 5) is 10.9. The summed E-state index contributed by atoms with van der Waals surface area (Å²) in [7, 11) is -3.93. The number of benzene rings is 2. The van der Waals surface area contributed by atoms with Crippen molar-refractivity contribution in [3.8, 4) is 0 Å². The maximum atomic E-state index is 12.3. The summed E-state index contributed by atoms with van der Waals surface area (Å²) >= 11 is 11.7. The summed E-state index contributed by atoms with van der Waals surface area (Å²) in [6, 6.07) is 8.35. The Morgan fingerprint density at radius 2 is 1.77 bits per heavy atom. The van der Waals surface area contributed by atoms with Crippen LogP contribution in [0, 0.1) is 6.92 Å². The van der Waals surface area contributed by atoms with Crippen molar-refractivity contribution in [2.75, 3.05) is 4.72 Å². The predicted molar refractivity (Wildman–Crippen MR) is 85.4 cm³/mol. The van der Waals surface area contributed by atoms with Crippen LogP contribution in [0.2, 0.25) is 10.0 Å². The van der Waals surface area contributed by atoms with Gasteiger partial charge in [0.15, 0.2) is 0 Å². The summed E-state index contributed by atoms with van der Waals surface area (Å²) in [6.07, 6.45) is 0. The number of nitrogens with one attached hydrogen (secondary N) is 1. The van der Waals surface area contributed by atoms with E-state index in [9.17, 15) is 13.2 Å². The number of carboxylic acid groups (broad SMARTS) is 1. The fraction of sp³-hybridized carbons (Fsp3) is 0.0714. The van der Waals surface area contributed by atoms with Crippen molar-refractivity contribution >= 4 is 44.9 Å². The van der Waals surface area contributed by atoms with Crippen molar-refractivity contribution in [1.82, 2.24) is 0 Å². The standard InChI is InChI=1S/C14H11Cl2NO4S/c1-8-2-5-13(12(16)6-8)22(20,21)17-9-3-4-11(15)10(7-9)14(18)19/h2-7,17H,1H3,(H,18,19). The van der Waals surface area contributed by atoms with Crippen LogP contribution in [-0.2, 0) is 10.0 Å². The molecule has 0 unspecified atom stereocenters. The Balaban J connectivity index is 2.41. The zero-order chi connectivity index (χ0) is 16.5. The molecule has 0 bridgehead atoms. The summed E-state index contributed by atoms with van der Waals surface area (Å²) < 4.78 is 26.9. The van der Waals surface area contributed by atoms with Gasteiger partial charge in [0.25, 0.3) is 10.0 Å². The smallest absolute Gasteiger partial charge is 0.337 e. The Hall–Kier alpha value is -1.76. The number of aryl methyl sites for hydroxylation is 1. The average molecular weight is 360 g/mol. The van der Waals surface area contributed by atoms with Gasteiger partial charge < -0.3 is 5.11 Å². The number of sulfonamides is 1. The lowest BCUT2D eigenvalue weighted by Crippen LogP contribution is -2.14. The third kappa shape index (κ3) is 3.52. The molecule has 8 heteroatoms. The van der Waals surface area contributed by atoms with Gasteiger partial charge in [0.2, 0.25) is 0 Å². The molecule has 2 aromatic carbocycles. The number of aromatic carboxylic acids is 1. The molecular formula is C14H11Cl2NO4S. The van der Waals surface area contributed by atoms with Crippen LogP contribution in [0.4, 0.5) is 5.69 Å². The normalized spacial score (nSPS) is 11.2. The minimum atomic E-state index is -3.93. The second-order valence-corrected chi connectivity index (χ2v) is 7.00. The van der Waals surface area contributed by atoms with Crippen molar-refractivity contribution in [3.63, 3.8) is 0 Å². The van der Waals surface area contributed by atoms with E-state index >= 15 is 0 Å². The first kappa shape index (κ1) is 16.6. The van der Waals surface area contributed by atoms with Crippen molar-refractivity contribution in [1.29, 1.82) is 0 Å². The molecule has 116 valence electrons. The SMILES string of the molecule is Cc1ccc(S(=O)(=O)Nc2ccc(Cl)c(C(=O)O)c2)c(Cl)c1. The second kappa shape index (κ2) is 6.16. The Kier molecular flexibility index (Phi) is 4.65. The molecule has 5 nitrogen and oxygen atoms in total. The molecule has 0 aliphatic rings. The average Bonchev–Trinajstić information content (AvgIpc) is 2.39. The molecule has 0 saturated carbocycles. The molecule has 0 aromatic heterocycles. The van der Waals surface area contributed by atoms with Crippen molar-refractivity contribution in [2.45, 2.75) is 11.8 Å². The Labute approximate surface area is 137 Å². The highest BCUT2D eigenvalue weighted by atomic mass is 35.5. The highest BCUT2D eigenvalue weighted by Crippen LogP contribution is 2.26. The van der Waals surface area contributed by atoms with E-state index in [0.29, 0.717) is 0 Å². The largest absolute Gasteiger partial charge is 0.478 e. The van der Waals surface area contributed by atoms with Gasteiger partial charge in [0.1, 0.15) is 4.90 Å². The van der Waals surface area contributed by atoms with Gasteiger partial charge in [0.05, 0.1) is 15.6 Å². The summed E-state index contributed by atoms with van der Waals surface area (Å²) in [5, 5.41) is 9.10. The first-order chi connectivity index (χ1) is 10.2. The van der Waals surface area contributed by atoms with Crippen LogP contribution in [0.1, 0.15) is 15.9 Å². The van der Waals surface area contributed by atoms with Gasteiger partial charge in [0, 0.05) is 5.69 Å². The van der Waals surface area contributed by atoms with Crippen molar-refractivity contribution in [3.05, 3.63) is 57.6 Å². The zero-order valence-electron chi connectivity index (χ0n) is 11.3. The molecule has 0 aliphatic heterocycles. The van der Waals surface area contributed by atoms with Crippen molar-refractivity contribution < 1.29 is 18.3 Å². The molecule has 0 fully saturated rings. The molecule has 0 amide bonds. The molecule has 0 radical (unpaired) electrons. The van der Waals surface area contributed by atoms with E-state index in [1.54, 1.807) is 13.0 Å². The van der Waals surface area contributed by atoms with Crippen LogP contribution >= 0.6 is 23.2 Å². The molecular weight excluding hydrogens is 349 g/mol. The van der Waals surface area contributed by atoms with E-state index in [-0.39, 0.29) is 26.2 Å². The van der Waals surface area contributed by atoms with Gasteiger partial charge in [-0.05, 0) is 42.8 Å². The number of hydrogen-bond acceptors (Lipinski definition) is 3. The van der Waals surface area contributed by atoms with Gasteiger partial charge >= 0.3 is 5.97 Å². The second-order valence-electron chi connectivity index (χ2n) is 4.54. The number of rotatable bonds is 4. The van der Waals surface area contributed by atoms with Gasteiger partial charge in [-0.25, -0.2) is 13.2 Å². The molecule has 22 heavy (non-hydrogen) atoms. The van der Waals surface area contributed by atoms with E-state index in [1.807, 2.05) is 0 Å². The lowest BCUT2D eigenvalue weighted by molar-refractivity contribution is 0.0697. The van der Waals surface area contributed by atoms with Crippen LogP contribution in [-0.4, -0.2) is 19.5 Å². The third-order valence-electron chi connectivity index (χ3n) is 2.83. The van der Waals surface area contributed by atoms with Gasteiger partial charge in [-0.2, -0.15) is 0 Å². The lowest BCUT2D eigenvalue weighted by atomic mass is 10.2. The number of anilines is 1. The number of hydrogen-bond donors (Lipinski definition) is 2. The summed E-state index contributed by atoms with van der Waals surface area (Å²) in [5.74, 6) is -1.25. The monoisotopic (exact) mass is 359 g/mol. The van der Waals surface area contributed by atoms with Crippen LogP contribution in [0.5, 0.6) is 0 Å². The van der Waals surface area contributed by atoms with Crippen LogP contribution in [0.25, 0.3) is 0 Å². The Morgan fingerprint density at radius 1 is 1.09 bits per heavy atom. The van der Waals surface area contributed by atoms with Gasteiger partial charge in [-0.15, -0.1) is 0 Å². The van der Waals surface area contributed by atoms with E-state index in [0.717, 1.165) is 11.6 Å². The van der Waals surface area contributed by atoms with E-state index < -0.39 is 16.0 Å². The summed E-state index contributed by atoms with van der Waals surface area (Å²) in [6.45, 7) is 1.79. The number of halogens is 2. The first-order valence-corrected chi connectivity index (χ1v) is 8.26. The molecule has 2 N–H and O–H groups in total. The fourth-order valence-electron chi connectivity index (χ4n) is 1.79. The topological polar surface area (TPSA) is 83.5 Å². The zero-order valence-corrected chi connectivity index (χ0v) is 13.6. The quantitative estimate of drug-likeness (QED) is 0.869. The van der Waals surface area contributed by atoms with Crippen LogP contribution in [0.15, 0.2) is 41.3 Å². The lowest BCUT2D eigenvalue weighted by Gasteiger charge is -2.11. The minimum absolute atomic E-state index is 0.0174.